The van der Waals surface area contributed by atoms with E-state index in [1.165, 1.54) is 32.1 Å². The van der Waals surface area contributed by atoms with Gasteiger partial charge in [0.05, 0.1) is 0 Å². The summed E-state index contributed by atoms with van der Waals surface area (Å²) in [5.41, 5.74) is 5.57. The summed E-state index contributed by atoms with van der Waals surface area (Å²) < 4.78 is 0. The minimum absolute atomic E-state index is 0.856. The van der Waals surface area contributed by atoms with Gasteiger partial charge in [-0.2, -0.15) is 0 Å². The summed E-state index contributed by atoms with van der Waals surface area (Å²) in [6, 6.07) is 0. The molecular formula is C11H25N. The first-order valence-corrected chi connectivity index (χ1v) is 5.46. The maximum Gasteiger partial charge on any atom is -0.00745 e. The molecule has 0 aliphatic heterocycles. The van der Waals surface area contributed by atoms with Crippen molar-refractivity contribution >= 4 is 0 Å². The normalized spacial score (nSPS) is 16.0. The molecule has 0 amide bonds. The second-order valence-electron chi connectivity index (χ2n) is 3.87. The Bertz CT molecular complexity index is 91.0. The van der Waals surface area contributed by atoms with E-state index in [4.69, 9.17) is 5.73 Å². The summed E-state index contributed by atoms with van der Waals surface area (Å²) in [5.74, 6) is 1.74. The van der Waals surface area contributed by atoms with Gasteiger partial charge < -0.3 is 5.73 Å². The molecule has 12 heavy (non-hydrogen) atoms. The van der Waals surface area contributed by atoms with E-state index in [9.17, 15) is 0 Å². The molecule has 0 fully saturated rings. The Morgan fingerprint density at radius 1 is 1.17 bits per heavy atom. The van der Waals surface area contributed by atoms with Gasteiger partial charge in [0.1, 0.15) is 0 Å². The van der Waals surface area contributed by atoms with Gasteiger partial charge in [0, 0.05) is 0 Å². The maximum atomic E-state index is 5.57. The van der Waals surface area contributed by atoms with Crippen molar-refractivity contribution in [1.82, 2.24) is 0 Å². The molecule has 74 valence electrons. The number of nitrogens with two attached hydrogens (primary N) is 1. The quantitative estimate of drug-likeness (QED) is 0.625. The maximum absolute atomic E-state index is 5.57. The summed E-state index contributed by atoms with van der Waals surface area (Å²) >= 11 is 0. The first kappa shape index (κ1) is 12.0. The molecule has 0 radical (unpaired) electrons. The minimum Gasteiger partial charge on any atom is -0.330 e. The van der Waals surface area contributed by atoms with Crippen molar-refractivity contribution in [3.63, 3.8) is 0 Å². The van der Waals surface area contributed by atoms with Crippen molar-refractivity contribution < 1.29 is 0 Å². The number of unbranched alkanes of at least 4 members (excludes halogenated alkanes) is 1. The fraction of sp³-hybridized carbons (Fsp3) is 1.00. The topological polar surface area (TPSA) is 26.0 Å². The first-order valence-electron chi connectivity index (χ1n) is 5.46. The van der Waals surface area contributed by atoms with Crippen LogP contribution in [0.15, 0.2) is 0 Å². The van der Waals surface area contributed by atoms with Crippen LogP contribution in [0.2, 0.25) is 0 Å². The highest BCUT2D eigenvalue weighted by Crippen LogP contribution is 2.23. The molecule has 0 aromatic rings. The Hall–Kier alpha value is -0.0400. The highest BCUT2D eigenvalue weighted by Gasteiger charge is 2.13. The van der Waals surface area contributed by atoms with E-state index in [0.717, 1.165) is 18.4 Å². The lowest BCUT2D eigenvalue weighted by atomic mass is 9.85. The van der Waals surface area contributed by atoms with E-state index in [1.54, 1.807) is 0 Å². The molecule has 0 bridgehead atoms. The molecule has 0 aliphatic carbocycles. The molecule has 0 spiro atoms. The number of hydrogen-bond acceptors (Lipinski definition) is 1. The molecule has 0 aliphatic rings. The van der Waals surface area contributed by atoms with E-state index in [0.29, 0.717) is 0 Å². The summed E-state index contributed by atoms with van der Waals surface area (Å²) in [5, 5.41) is 0. The largest absolute Gasteiger partial charge is 0.330 e. The molecule has 2 atom stereocenters. The van der Waals surface area contributed by atoms with Crippen LogP contribution in [-0.4, -0.2) is 6.54 Å². The van der Waals surface area contributed by atoms with Crippen molar-refractivity contribution in [2.45, 2.75) is 52.9 Å². The van der Waals surface area contributed by atoms with Crippen LogP contribution < -0.4 is 5.73 Å². The van der Waals surface area contributed by atoms with Crippen LogP contribution in [0.4, 0.5) is 0 Å². The number of rotatable bonds is 7. The van der Waals surface area contributed by atoms with E-state index in [1.807, 2.05) is 0 Å². The van der Waals surface area contributed by atoms with E-state index < -0.39 is 0 Å². The van der Waals surface area contributed by atoms with E-state index in [2.05, 4.69) is 20.8 Å². The van der Waals surface area contributed by atoms with Crippen molar-refractivity contribution in [1.29, 1.82) is 0 Å². The van der Waals surface area contributed by atoms with Gasteiger partial charge in [0.15, 0.2) is 0 Å². The molecule has 1 heteroatoms. The Labute approximate surface area is 77.7 Å². The summed E-state index contributed by atoms with van der Waals surface area (Å²) in [6.07, 6.45) is 6.59. The zero-order chi connectivity index (χ0) is 9.40. The fourth-order valence-corrected chi connectivity index (χ4v) is 1.87. The molecular weight excluding hydrogens is 146 g/mol. The van der Waals surface area contributed by atoms with Crippen LogP contribution in [0.1, 0.15) is 52.9 Å². The third-order valence-electron chi connectivity index (χ3n) is 2.88. The van der Waals surface area contributed by atoms with Crippen molar-refractivity contribution in [3.05, 3.63) is 0 Å². The van der Waals surface area contributed by atoms with Crippen LogP contribution >= 0.6 is 0 Å². The summed E-state index contributed by atoms with van der Waals surface area (Å²) in [7, 11) is 0. The zero-order valence-electron chi connectivity index (χ0n) is 8.97. The van der Waals surface area contributed by atoms with Crippen LogP contribution in [0, 0.1) is 11.8 Å². The molecule has 0 saturated carbocycles. The average Bonchev–Trinajstić information content (AvgIpc) is 2.10. The second kappa shape index (κ2) is 7.60. The monoisotopic (exact) mass is 171 g/mol. The van der Waals surface area contributed by atoms with Crippen LogP contribution in [0.3, 0.4) is 0 Å². The first-order chi connectivity index (χ1) is 5.76. The van der Waals surface area contributed by atoms with Crippen LogP contribution in [0.5, 0.6) is 0 Å². The Balaban J connectivity index is 3.60. The van der Waals surface area contributed by atoms with Gasteiger partial charge in [0.2, 0.25) is 0 Å². The van der Waals surface area contributed by atoms with Gasteiger partial charge in [-0.25, -0.2) is 0 Å². The molecule has 0 aromatic carbocycles. The van der Waals surface area contributed by atoms with Gasteiger partial charge in [-0.1, -0.05) is 46.5 Å². The molecule has 2 unspecified atom stereocenters. The van der Waals surface area contributed by atoms with Crippen molar-refractivity contribution in [2.75, 3.05) is 6.54 Å². The van der Waals surface area contributed by atoms with Crippen molar-refractivity contribution in [3.8, 4) is 0 Å². The predicted molar refractivity (Wildman–Crippen MR) is 56.1 cm³/mol. The predicted octanol–water partition coefficient (Wildman–Crippen LogP) is 3.19. The van der Waals surface area contributed by atoms with Gasteiger partial charge in [-0.15, -0.1) is 0 Å². The third kappa shape index (κ3) is 4.76. The number of hydrogen-bond donors (Lipinski definition) is 1. The lowest BCUT2D eigenvalue weighted by Gasteiger charge is -2.21. The third-order valence-corrected chi connectivity index (χ3v) is 2.88. The summed E-state index contributed by atoms with van der Waals surface area (Å²) in [6.45, 7) is 7.77. The minimum atomic E-state index is 0.856. The lowest BCUT2D eigenvalue weighted by molar-refractivity contribution is 0.306. The lowest BCUT2D eigenvalue weighted by Crippen LogP contribution is -2.15. The highest BCUT2D eigenvalue weighted by molar-refractivity contribution is 4.65. The molecule has 2 N–H and O–H groups in total. The zero-order valence-corrected chi connectivity index (χ0v) is 8.97. The van der Waals surface area contributed by atoms with E-state index in [-0.39, 0.29) is 0 Å². The van der Waals surface area contributed by atoms with Crippen LogP contribution in [-0.2, 0) is 0 Å². The second-order valence-corrected chi connectivity index (χ2v) is 3.87. The molecule has 0 heterocycles. The van der Waals surface area contributed by atoms with Gasteiger partial charge >= 0.3 is 0 Å². The van der Waals surface area contributed by atoms with Gasteiger partial charge in [-0.3, -0.25) is 0 Å². The smallest absolute Gasteiger partial charge is 0.00745 e. The van der Waals surface area contributed by atoms with Gasteiger partial charge in [0.25, 0.3) is 0 Å². The Kier molecular flexibility index (Phi) is 7.58. The molecule has 0 rings (SSSR count). The highest BCUT2D eigenvalue weighted by atomic mass is 14.5. The van der Waals surface area contributed by atoms with Gasteiger partial charge in [-0.05, 0) is 24.8 Å². The Morgan fingerprint density at radius 2 is 1.83 bits per heavy atom. The standard InChI is InChI=1S/C11H25N/c1-4-6-7-10(3)11(5-2)8-9-12/h10-11H,4-9,12H2,1-3H3. The summed E-state index contributed by atoms with van der Waals surface area (Å²) in [4.78, 5) is 0. The molecule has 1 nitrogen and oxygen atoms in total. The SMILES string of the molecule is CCCCC(C)C(CC)CCN. The van der Waals surface area contributed by atoms with E-state index >= 15 is 0 Å². The average molecular weight is 171 g/mol. The fourth-order valence-electron chi connectivity index (χ4n) is 1.87. The molecule has 0 aromatic heterocycles. The van der Waals surface area contributed by atoms with Crippen LogP contribution in [0.25, 0.3) is 0 Å². The van der Waals surface area contributed by atoms with Crippen molar-refractivity contribution in [2.24, 2.45) is 17.6 Å². The molecule has 0 saturated heterocycles. The Morgan fingerprint density at radius 3 is 2.25 bits per heavy atom.